The maximum Gasteiger partial charge on any atom is 0.0701 e. The van der Waals surface area contributed by atoms with Gasteiger partial charge in [0, 0.05) is 0 Å². The molecule has 0 N–H and O–H groups in total. The summed E-state index contributed by atoms with van der Waals surface area (Å²) in [6.45, 7) is 6.04. The van der Waals surface area contributed by atoms with Gasteiger partial charge in [0.1, 0.15) is 0 Å². The Morgan fingerprint density at radius 3 is 2.17 bits per heavy atom. The summed E-state index contributed by atoms with van der Waals surface area (Å²) in [6.07, 6.45) is 0. The first-order chi connectivity index (χ1) is 5.66. The standard InChI is InChI=1S/C11H13N/c1-8-5-4-6-9(2)11(8)10(3)7-12/h4-6,10H,1-3H3. The summed E-state index contributed by atoms with van der Waals surface area (Å²) < 4.78 is 0. The predicted octanol–water partition coefficient (Wildman–Crippen LogP) is 2.93. The summed E-state index contributed by atoms with van der Waals surface area (Å²) in [5, 5.41) is 8.79. The van der Waals surface area contributed by atoms with Gasteiger partial charge in [-0.2, -0.15) is 5.26 Å². The summed E-state index contributed by atoms with van der Waals surface area (Å²) in [7, 11) is 0. The van der Waals surface area contributed by atoms with Crippen molar-refractivity contribution < 1.29 is 0 Å². The molecule has 1 heteroatoms. The van der Waals surface area contributed by atoms with Gasteiger partial charge in [0.2, 0.25) is 0 Å². The molecule has 1 rings (SSSR count). The Bertz CT molecular complexity index is 300. The van der Waals surface area contributed by atoms with E-state index in [-0.39, 0.29) is 5.92 Å². The third kappa shape index (κ3) is 1.48. The van der Waals surface area contributed by atoms with E-state index in [9.17, 15) is 0 Å². The number of nitrogens with zero attached hydrogens (tertiary/aromatic N) is 1. The molecule has 0 radical (unpaired) electrons. The molecule has 62 valence electrons. The van der Waals surface area contributed by atoms with Crippen LogP contribution >= 0.6 is 0 Å². The van der Waals surface area contributed by atoms with Gasteiger partial charge in [-0.05, 0) is 37.5 Å². The molecular weight excluding hydrogens is 146 g/mol. The molecule has 0 spiro atoms. The van der Waals surface area contributed by atoms with Crippen LogP contribution in [0.4, 0.5) is 0 Å². The SMILES string of the molecule is Cc1cccc(C)c1C(C)C#N. The zero-order chi connectivity index (χ0) is 9.14. The smallest absolute Gasteiger partial charge is 0.0701 e. The van der Waals surface area contributed by atoms with Gasteiger partial charge < -0.3 is 0 Å². The quantitative estimate of drug-likeness (QED) is 0.618. The summed E-state index contributed by atoms with van der Waals surface area (Å²) in [5.74, 6) is 0.00574. The van der Waals surface area contributed by atoms with Gasteiger partial charge in [-0.3, -0.25) is 0 Å². The van der Waals surface area contributed by atoms with Crippen molar-refractivity contribution in [2.24, 2.45) is 0 Å². The lowest BCUT2D eigenvalue weighted by molar-refractivity contribution is 0.950. The van der Waals surface area contributed by atoms with Crippen molar-refractivity contribution in [3.8, 4) is 6.07 Å². The lowest BCUT2D eigenvalue weighted by Gasteiger charge is -2.10. The zero-order valence-corrected chi connectivity index (χ0v) is 7.76. The van der Waals surface area contributed by atoms with Gasteiger partial charge in [-0.25, -0.2) is 0 Å². The van der Waals surface area contributed by atoms with E-state index in [2.05, 4.69) is 32.0 Å². The number of hydrogen-bond acceptors (Lipinski definition) is 1. The van der Waals surface area contributed by atoms with Crippen molar-refractivity contribution >= 4 is 0 Å². The fourth-order valence-corrected chi connectivity index (χ4v) is 1.57. The molecule has 0 saturated heterocycles. The van der Waals surface area contributed by atoms with Crippen LogP contribution in [0, 0.1) is 25.2 Å². The highest BCUT2D eigenvalue weighted by molar-refractivity contribution is 5.38. The molecule has 0 aliphatic carbocycles. The van der Waals surface area contributed by atoms with Crippen LogP contribution in [0.5, 0.6) is 0 Å². The molecule has 0 aliphatic rings. The van der Waals surface area contributed by atoms with E-state index in [1.54, 1.807) is 0 Å². The first kappa shape index (κ1) is 8.80. The van der Waals surface area contributed by atoms with Crippen LogP contribution in [0.25, 0.3) is 0 Å². The Hall–Kier alpha value is -1.29. The minimum atomic E-state index is 0.00574. The second kappa shape index (κ2) is 3.40. The van der Waals surface area contributed by atoms with Gasteiger partial charge >= 0.3 is 0 Å². The first-order valence-electron chi connectivity index (χ1n) is 4.12. The Morgan fingerprint density at radius 2 is 1.75 bits per heavy atom. The highest BCUT2D eigenvalue weighted by atomic mass is 14.3. The van der Waals surface area contributed by atoms with Crippen LogP contribution in [-0.4, -0.2) is 0 Å². The van der Waals surface area contributed by atoms with E-state index in [0.717, 1.165) is 0 Å². The van der Waals surface area contributed by atoms with Crippen molar-refractivity contribution in [2.75, 3.05) is 0 Å². The van der Waals surface area contributed by atoms with Gasteiger partial charge in [-0.1, -0.05) is 18.2 Å². The van der Waals surface area contributed by atoms with E-state index >= 15 is 0 Å². The van der Waals surface area contributed by atoms with Crippen molar-refractivity contribution in [3.63, 3.8) is 0 Å². The molecule has 1 aromatic rings. The monoisotopic (exact) mass is 159 g/mol. The fraction of sp³-hybridized carbons (Fsp3) is 0.364. The molecule has 0 bridgehead atoms. The van der Waals surface area contributed by atoms with Gasteiger partial charge in [-0.15, -0.1) is 0 Å². The number of hydrogen-bond donors (Lipinski definition) is 0. The molecule has 0 aromatic heterocycles. The van der Waals surface area contributed by atoms with Crippen LogP contribution in [-0.2, 0) is 0 Å². The van der Waals surface area contributed by atoms with Crippen LogP contribution in [0.15, 0.2) is 18.2 Å². The molecule has 0 saturated carbocycles. The Labute approximate surface area is 73.6 Å². The Kier molecular flexibility index (Phi) is 2.50. The van der Waals surface area contributed by atoms with Crippen molar-refractivity contribution in [1.82, 2.24) is 0 Å². The largest absolute Gasteiger partial charge is 0.198 e. The number of rotatable bonds is 1. The van der Waals surface area contributed by atoms with Crippen molar-refractivity contribution in [2.45, 2.75) is 26.7 Å². The molecule has 1 unspecified atom stereocenters. The number of nitriles is 1. The normalized spacial score (nSPS) is 12.2. The average Bonchev–Trinajstić information content (AvgIpc) is 2.03. The van der Waals surface area contributed by atoms with E-state index in [0.29, 0.717) is 0 Å². The average molecular weight is 159 g/mol. The maximum atomic E-state index is 8.79. The molecule has 0 aliphatic heterocycles. The summed E-state index contributed by atoms with van der Waals surface area (Å²) in [5.41, 5.74) is 3.60. The minimum absolute atomic E-state index is 0.00574. The number of aryl methyl sites for hydroxylation is 2. The van der Waals surface area contributed by atoms with E-state index in [1.807, 2.05) is 13.0 Å². The van der Waals surface area contributed by atoms with Crippen LogP contribution in [0.2, 0.25) is 0 Å². The summed E-state index contributed by atoms with van der Waals surface area (Å²) in [6, 6.07) is 8.39. The Balaban J connectivity index is 3.23. The minimum Gasteiger partial charge on any atom is -0.198 e. The summed E-state index contributed by atoms with van der Waals surface area (Å²) >= 11 is 0. The maximum absolute atomic E-state index is 8.79. The van der Waals surface area contributed by atoms with Gasteiger partial charge in [0.25, 0.3) is 0 Å². The first-order valence-corrected chi connectivity index (χ1v) is 4.12. The van der Waals surface area contributed by atoms with E-state index in [1.165, 1.54) is 16.7 Å². The molecule has 0 fully saturated rings. The third-order valence-electron chi connectivity index (χ3n) is 2.17. The highest BCUT2D eigenvalue weighted by Gasteiger charge is 2.08. The molecule has 12 heavy (non-hydrogen) atoms. The zero-order valence-electron chi connectivity index (χ0n) is 7.76. The van der Waals surface area contributed by atoms with Gasteiger partial charge in [0.05, 0.1) is 12.0 Å². The molecular formula is C11H13N. The lowest BCUT2D eigenvalue weighted by atomic mass is 9.93. The van der Waals surface area contributed by atoms with Crippen LogP contribution in [0.3, 0.4) is 0 Å². The fourth-order valence-electron chi connectivity index (χ4n) is 1.57. The molecule has 0 heterocycles. The molecule has 1 nitrogen and oxygen atoms in total. The molecule has 0 amide bonds. The second-order valence-electron chi connectivity index (χ2n) is 3.16. The third-order valence-corrected chi connectivity index (χ3v) is 2.17. The topological polar surface area (TPSA) is 23.8 Å². The number of benzene rings is 1. The predicted molar refractivity (Wildman–Crippen MR) is 49.9 cm³/mol. The second-order valence-corrected chi connectivity index (χ2v) is 3.16. The molecule has 1 aromatic carbocycles. The van der Waals surface area contributed by atoms with E-state index in [4.69, 9.17) is 5.26 Å². The van der Waals surface area contributed by atoms with E-state index < -0.39 is 0 Å². The van der Waals surface area contributed by atoms with Crippen molar-refractivity contribution in [1.29, 1.82) is 5.26 Å². The van der Waals surface area contributed by atoms with Crippen LogP contribution < -0.4 is 0 Å². The van der Waals surface area contributed by atoms with Crippen LogP contribution in [0.1, 0.15) is 29.5 Å². The Morgan fingerprint density at radius 1 is 1.25 bits per heavy atom. The summed E-state index contributed by atoms with van der Waals surface area (Å²) in [4.78, 5) is 0. The molecule has 1 atom stereocenters. The highest BCUT2D eigenvalue weighted by Crippen LogP contribution is 2.22. The van der Waals surface area contributed by atoms with Gasteiger partial charge in [0.15, 0.2) is 0 Å². The lowest BCUT2D eigenvalue weighted by Crippen LogP contribution is -1.96. The van der Waals surface area contributed by atoms with Crippen molar-refractivity contribution in [3.05, 3.63) is 34.9 Å².